The number of rotatable bonds is 14. The van der Waals surface area contributed by atoms with Crippen LogP contribution >= 0.6 is 0 Å². The summed E-state index contributed by atoms with van der Waals surface area (Å²) in [5.74, 6) is -3.74. The molecule has 10 N–H and O–H groups in total. The van der Waals surface area contributed by atoms with Crippen LogP contribution in [0.3, 0.4) is 0 Å². The number of benzene rings is 3. The molecule has 8 atom stereocenters. The van der Waals surface area contributed by atoms with Crippen LogP contribution in [-0.2, 0) is 16.1 Å². The number of aliphatic imine (C=N–C) groups is 3. The van der Waals surface area contributed by atoms with Gasteiger partial charge in [0.05, 0.1) is 18.9 Å². The van der Waals surface area contributed by atoms with Gasteiger partial charge < -0.3 is 69.6 Å². The van der Waals surface area contributed by atoms with Crippen LogP contribution in [0, 0.1) is 5.41 Å². The molecule has 304 valence electrons. The summed E-state index contributed by atoms with van der Waals surface area (Å²) in [7, 11) is 0. The summed E-state index contributed by atoms with van der Waals surface area (Å²) in [5, 5.41) is 105. The molecular formula is C39H38N4O15. The Hall–Kier alpha value is -6.35. The predicted octanol–water partition coefficient (Wildman–Crippen LogP) is 1.31. The predicted molar refractivity (Wildman–Crippen MR) is 202 cm³/mol. The lowest BCUT2D eigenvalue weighted by molar-refractivity contribution is -0.303. The van der Waals surface area contributed by atoms with E-state index in [1.807, 2.05) is 0 Å². The maximum atomic E-state index is 12.4. The minimum atomic E-state index is -2.57. The second-order valence-electron chi connectivity index (χ2n) is 13.7. The number of phenols is 2. The van der Waals surface area contributed by atoms with Crippen LogP contribution in [0.25, 0.3) is 5.76 Å². The molecule has 58 heavy (non-hydrogen) atoms. The molecule has 0 spiro atoms. The van der Waals surface area contributed by atoms with Crippen molar-refractivity contribution in [1.29, 1.82) is 5.41 Å². The van der Waals surface area contributed by atoms with E-state index in [9.17, 15) is 50.8 Å². The number of fused-ring (bicyclic) bond motifs is 1. The van der Waals surface area contributed by atoms with E-state index in [2.05, 4.69) is 15.0 Å². The Balaban J connectivity index is 1.17. The first kappa shape index (κ1) is 39.9. The number of carbonyl (C=O) groups is 1. The number of amidine groups is 1. The number of aliphatic carboxylic acids is 1. The smallest absolute Gasteiger partial charge is 0.336 e. The molecule has 4 aliphatic rings. The van der Waals surface area contributed by atoms with Gasteiger partial charge in [0.25, 0.3) is 0 Å². The van der Waals surface area contributed by atoms with E-state index < -0.39 is 90.5 Å². The highest BCUT2D eigenvalue weighted by atomic mass is 16.7. The molecule has 0 radical (unpaired) electrons. The lowest BCUT2D eigenvalue weighted by atomic mass is 9.80. The Kier molecular flexibility index (Phi) is 11.2. The number of carboxylic acid groups (broad SMARTS) is 1. The summed E-state index contributed by atoms with van der Waals surface area (Å²) in [6, 6.07) is 13.4. The first-order chi connectivity index (χ1) is 27.7. The SMILES string of the molecule is N=C1C=CC([C@@H](O)[C@H](CO)Oc2ccc(C3C=C(O)c4c(cc(O[C@@H]5O[C@H](C(=O)O)[C@](O)(CC6=NC=NC6)[C@@H](O)[C@H]5O)c(OCc5cccc(O)c5)c4O)O3)cc2)=N1. The minimum Gasteiger partial charge on any atom is -0.508 e. The van der Waals surface area contributed by atoms with Crippen LogP contribution in [0.2, 0.25) is 0 Å². The number of nitrogens with zero attached hydrogens (tertiary/aromatic N) is 3. The fraction of sp³-hybridized carbons (Fsp3) is 0.308. The first-order valence-corrected chi connectivity index (χ1v) is 17.7. The van der Waals surface area contributed by atoms with Gasteiger partial charge >= 0.3 is 5.97 Å². The summed E-state index contributed by atoms with van der Waals surface area (Å²) < 4.78 is 29.3. The molecule has 1 unspecified atom stereocenters. The van der Waals surface area contributed by atoms with Crippen molar-refractivity contribution in [3.05, 3.63) is 89.5 Å². The van der Waals surface area contributed by atoms with Gasteiger partial charge in [-0.3, -0.25) is 10.4 Å². The van der Waals surface area contributed by atoms with E-state index in [0.717, 1.165) is 0 Å². The molecule has 0 amide bonds. The topological polar surface area (TPSA) is 306 Å². The maximum absolute atomic E-state index is 12.4. The molecule has 0 aliphatic carbocycles. The average Bonchev–Trinajstić information content (AvgIpc) is 3.88. The first-order valence-electron chi connectivity index (χ1n) is 17.7. The number of carboxylic acids is 1. The molecule has 4 heterocycles. The highest BCUT2D eigenvalue weighted by molar-refractivity contribution is 6.15. The molecule has 0 saturated carbocycles. The van der Waals surface area contributed by atoms with Crippen molar-refractivity contribution in [2.24, 2.45) is 15.0 Å². The molecule has 1 fully saturated rings. The van der Waals surface area contributed by atoms with Gasteiger partial charge in [-0.1, -0.05) is 24.3 Å². The molecule has 19 nitrogen and oxygen atoms in total. The van der Waals surface area contributed by atoms with Crippen molar-refractivity contribution in [3.8, 4) is 34.5 Å². The molecule has 7 rings (SSSR count). The number of hydrogen-bond acceptors (Lipinski definition) is 17. The molecular weight excluding hydrogens is 764 g/mol. The number of aliphatic hydroxyl groups excluding tert-OH is 5. The number of hydrogen-bond donors (Lipinski definition) is 10. The quantitative estimate of drug-likeness (QED) is 0.110. The number of aliphatic hydroxyl groups is 6. The van der Waals surface area contributed by atoms with E-state index in [0.29, 0.717) is 11.1 Å². The third kappa shape index (κ3) is 7.94. The van der Waals surface area contributed by atoms with E-state index in [1.54, 1.807) is 24.3 Å². The molecule has 3 aromatic carbocycles. The summed E-state index contributed by atoms with van der Waals surface area (Å²) in [6.07, 6.45) is -6.98. The van der Waals surface area contributed by atoms with Gasteiger partial charge in [0.15, 0.2) is 23.7 Å². The standard InChI is InChI=1S/C39H38N4O15/c40-29-9-8-23(43-29)31(47)28(15-44)55-22-6-4-19(5-7-22)25-11-24(46)30-26(56-25)12-27(34(32(30)48)54-16-18-2-1-3-21(45)10-18)57-38-33(49)35(50)39(53,36(58-38)37(51)52)13-20-14-41-17-42-20/h1-12,17,25,28,31,33,35-36,38,40,44-50,53H,13-16H2,(H,51,52)/t25?,28-,31+,33+,35-,36+,38+,39-/m0/s1. The van der Waals surface area contributed by atoms with Crippen molar-refractivity contribution in [1.82, 2.24) is 0 Å². The second kappa shape index (κ2) is 16.3. The van der Waals surface area contributed by atoms with Gasteiger partial charge in [0.1, 0.15) is 77.4 Å². The molecule has 0 bridgehead atoms. The minimum absolute atomic E-state index is 0.0300. The number of ether oxygens (including phenoxy) is 5. The van der Waals surface area contributed by atoms with Crippen molar-refractivity contribution >= 4 is 35.3 Å². The average molecular weight is 803 g/mol. The Labute approximate surface area is 328 Å². The van der Waals surface area contributed by atoms with Crippen LogP contribution in [0.1, 0.15) is 29.2 Å². The van der Waals surface area contributed by atoms with Crippen LogP contribution in [-0.4, -0.2) is 131 Å². The van der Waals surface area contributed by atoms with Crippen LogP contribution in [0.15, 0.2) is 87.8 Å². The van der Waals surface area contributed by atoms with E-state index >= 15 is 0 Å². The third-order valence-corrected chi connectivity index (χ3v) is 9.68. The van der Waals surface area contributed by atoms with Crippen molar-refractivity contribution in [2.45, 2.75) is 61.5 Å². The fourth-order valence-corrected chi connectivity index (χ4v) is 6.74. The highest BCUT2D eigenvalue weighted by Gasteiger charge is 2.59. The normalized spacial score (nSPS) is 25.8. The summed E-state index contributed by atoms with van der Waals surface area (Å²) in [5.41, 5.74) is -1.50. The Morgan fingerprint density at radius 1 is 1.07 bits per heavy atom. The van der Waals surface area contributed by atoms with Gasteiger partial charge in [-0.15, -0.1) is 0 Å². The van der Waals surface area contributed by atoms with Crippen molar-refractivity contribution in [3.63, 3.8) is 0 Å². The lowest BCUT2D eigenvalue weighted by Crippen LogP contribution is -2.69. The van der Waals surface area contributed by atoms with Gasteiger partial charge in [-0.25, -0.2) is 14.8 Å². The highest BCUT2D eigenvalue weighted by Crippen LogP contribution is 2.51. The van der Waals surface area contributed by atoms with Gasteiger partial charge in [0.2, 0.25) is 12.0 Å². The van der Waals surface area contributed by atoms with E-state index in [-0.39, 0.29) is 53.2 Å². The summed E-state index contributed by atoms with van der Waals surface area (Å²) in [4.78, 5) is 24.2. The van der Waals surface area contributed by atoms with E-state index in [1.165, 1.54) is 54.9 Å². The zero-order chi connectivity index (χ0) is 41.3. The zero-order valence-electron chi connectivity index (χ0n) is 30.2. The maximum Gasteiger partial charge on any atom is 0.336 e. The van der Waals surface area contributed by atoms with Crippen LogP contribution in [0.5, 0.6) is 34.5 Å². The van der Waals surface area contributed by atoms with Crippen LogP contribution in [0.4, 0.5) is 0 Å². The molecule has 3 aromatic rings. The summed E-state index contributed by atoms with van der Waals surface area (Å²) >= 11 is 0. The van der Waals surface area contributed by atoms with Crippen molar-refractivity contribution in [2.75, 3.05) is 13.2 Å². The lowest BCUT2D eigenvalue weighted by Gasteiger charge is -2.46. The second-order valence-corrected chi connectivity index (χ2v) is 13.7. The van der Waals surface area contributed by atoms with E-state index in [4.69, 9.17) is 29.1 Å². The Bertz CT molecular complexity index is 2240. The third-order valence-electron chi connectivity index (χ3n) is 9.68. The van der Waals surface area contributed by atoms with Gasteiger partial charge in [0, 0.05) is 24.3 Å². The van der Waals surface area contributed by atoms with Gasteiger partial charge in [-0.2, -0.15) is 0 Å². The van der Waals surface area contributed by atoms with Crippen LogP contribution < -0.4 is 18.9 Å². The fourth-order valence-electron chi connectivity index (χ4n) is 6.74. The molecule has 19 heteroatoms. The Morgan fingerprint density at radius 3 is 2.50 bits per heavy atom. The monoisotopic (exact) mass is 802 g/mol. The Morgan fingerprint density at radius 2 is 1.84 bits per heavy atom. The largest absolute Gasteiger partial charge is 0.508 e. The van der Waals surface area contributed by atoms with Crippen molar-refractivity contribution < 1.29 is 74.4 Å². The number of nitrogens with one attached hydrogen (secondary N) is 1. The van der Waals surface area contributed by atoms with Gasteiger partial charge in [-0.05, 0) is 47.5 Å². The molecule has 0 aromatic heterocycles. The molecule has 4 aliphatic heterocycles. The zero-order valence-corrected chi connectivity index (χ0v) is 30.2. The number of aromatic hydroxyl groups is 2. The summed E-state index contributed by atoms with van der Waals surface area (Å²) in [6.45, 7) is -0.816. The number of phenolic OH excluding ortho intramolecular Hbond substituents is 2. The molecule has 1 saturated heterocycles.